The van der Waals surface area contributed by atoms with Gasteiger partial charge < -0.3 is 4.42 Å². The minimum atomic E-state index is -4.67. The summed E-state index contributed by atoms with van der Waals surface area (Å²) in [5.74, 6) is -0.894. The van der Waals surface area contributed by atoms with E-state index in [1.54, 1.807) is 37.3 Å². The molecule has 0 aliphatic heterocycles. The fraction of sp³-hybridized carbons (Fsp3) is 0.0769. The van der Waals surface area contributed by atoms with E-state index in [1.165, 1.54) is 31.2 Å². The Morgan fingerprint density at radius 2 is 1.76 bits per heavy atom. The number of nitrogens with zero attached hydrogens (tertiary/aromatic N) is 2. The molecule has 37 heavy (non-hydrogen) atoms. The molecule has 3 aromatic carbocycles. The molecule has 0 saturated heterocycles. The highest BCUT2D eigenvalue weighted by Gasteiger charge is 2.32. The Hall–Kier alpha value is -4.28. The molecule has 4 rings (SSSR count). The minimum Gasteiger partial charge on any atom is -0.461 e. The van der Waals surface area contributed by atoms with Gasteiger partial charge in [-0.25, -0.2) is 8.42 Å². The normalized spacial score (nSPS) is 11.6. The molecule has 1 heterocycles. The lowest BCUT2D eigenvalue weighted by Crippen LogP contribution is -2.36. The first-order valence-corrected chi connectivity index (χ1v) is 12.6. The first kappa shape index (κ1) is 25.8. The van der Waals surface area contributed by atoms with Crippen LogP contribution in [0.3, 0.4) is 0 Å². The SMILES string of the molecule is CC(=O)c1c(C)oc2ccc(N(C(=O)/C=C/c3ccccc3)S(=O)(=O)c3ccc(Cl)c([N+](=O)[O-])c3)cc12. The van der Waals surface area contributed by atoms with Gasteiger partial charge in [0, 0.05) is 17.5 Å². The van der Waals surface area contributed by atoms with Crippen molar-refractivity contribution in [3.63, 3.8) is 0 Å². The standard InChI is InChI=1S/C26H19ClN2O7S/c1-16(30)26-17(2)36-24-12-9-19(14-21(24)26)28(25(31)13-8-18-6-4-3-5-7-18)37(34,35)20-10-11-22(27)23(15-20)29(32)33/h3-15H,1-2H3/b13-8+. The summed E-state index contributed by atoms with van der Waals surface area (Å²) in [6.45, 7) is 2.95. The van der Waals surface area contributed by atoms with Crippen molar-refractivity contribution in [1.82, 2.24) is 0 Å². The second-order valence-electron chi connectivity index (χ2n) is 7.99. The van der Waals surface area contributed by atoms with Crippen molar-refractivity contribution < 1.29 is 27.3 Å². The first-order chi connectivity index (χ1) is 17.5. The molecule has 11 heteroatoms. The van der Waals surface area contributed by atoms with Gasteiger partial charge in [-0.1, -0.05) is 41.9 Å². The molecule has 1 aromatic heterocycles. The van der Waals surface area contributed by atoms with E-state index in [9.17, 15) is 28.1 Å². The van der Waals surface area contributed by atoms with E-state index in [4.69, 9.17) is 16.0 Å². The zero-order chi connectivity index (χ0) is 26.9. The van der Waals surface area contributed by atoms with Crippen LogP contribution >= 0.6 is 11.6 Å². The first-order valence-electron chi connectivity index (χ1n) is 10.8. The van der Waals surface area contributed by atoms with Gasteiger partial charge in [0.25, 0.3) is 21.6 Å². The lowest BCUT2D eigenvalue weighted by atomic mass is 10.1. The number of hydrogen-bond acceptors (Lipinski definition) is 7. The zero-order valence-electron chi connectivity index (χ0n) is 19.5. The van der Waals surface area contributed by atoms with Crippen molar-refractivity contribution in [2.24, 2.45) is 0 Å². The molecule has 0 N–H and O–H groups in total. The Balaban J connectivity index is 1.91. The molecular weight excluding hydrogens is 520 g/mol. The molecule has 4 aromatic rings. The molecular formula is C26H19ClN2O7S. The summed E-state index contributed by atoms with van der Waals surface area (Å²) in [6.07, 6.45) is 2.52. The summed E-state index contributed by atoms with van der Waals surface area (Å²) in [7, 11) is -4.67. The number of halogens is 1. The van der Waals surface area contributed by atoms with Crippen molar-refractivity contribution in [3.05, 3.63) is 105 Å². The summed E-state index contributed by atoms with van der Waals surface area (Å²) in [6, 6.07) is 15.9. The Bertz CT molecular complexity index is 1690. The number of Topliss-reactive ketones (excluding diaryl/α,β-unsaturated/α-hetero) is 1. The van der Waals surface area contributed by atoms with Crippen LogP contribution in [0.4, 0.5) is 11.4 Å². The number of ketones is 1. The Kier molecular flexibility index (Phi) is 6.97. The molecule has 0 saturated carbocycles. The molecule has 0 unspecified atom stereocenters. The van der Waals surface area contributed by atoms with Gasteiger partial charge in [-0.3, -0.25) is 19.7 Å². The van der Waals surface area contributed by atoms with Gasteiger partial charge in [-0.15, -0.1) is 0 Å². The second kappa shape index (κ2) is 10.00. The van der Waals surface area contributed by atoms with Crippen molar-refractivity contribution in [3.8, 4) is 0 Å². The number of furan rings is 1. The number of carbonyl (C=O) groups excluding carboxylic acids is 2. The molecule has 0 fully saturated rings. The van der Waals surface area contributed by atoms with Crippen molar-refractivity contribution in [2.75, 3.05) is 4.31 Å². The zero-order valence-corrected chi connectivity index (χ0v) is 21.1. The lowest BCUT2D eigenvalue weighted by molar-refractivity contribution is -0.384. The number of hydrogen-bond donors (Lipinski definition) is 0. The topological polar surface area (TPSA) is 128 Å². The highest BCUT2D eigenvalue weighted by molar-refractivity contribution is 7.93. The number of anilines is 1. The van der Waals surface area contributed by atoms with Crippen molar-refractivity contribution in [2.45, 2.75) is 18.7 Å². The smallest absolute Gasteiger partial charge is 0.289 e. The van der Waals surface area contributed by atoms with Crippen LogP contribution in [-0.2, 0) is 14.8 Å². The predicted molar refractivity (Wildman–Crippen MR) is 139 cm³/mol. The van der Waals surface area contributed by atoms with Gasteiger partial charge in [-0.2, -0.15) is 4.31 Å². The predicted octanol–water partition coefficient (Wildman–Crippen LogP) is 5.94. The summed E-state index contributed by atoms with van der Waals surface area (Å²) >= 11 is 5.86. The minimum absolute atomic E-state index is 0.0869. The fourth-order valence-electron chi connectivity index (χ4n) is 3.85. The second-order valence-corrected chi connectivity index (χ2v) is 10.2. The Morgan fingerprint density at radius 1 is 1.05 bits per heavy atom. The van der Waals surface area contributed by atoms with E-state index in [2.05, 4.69) is 0 Å². The summed E-state index contributed by atoms with van der Waals surface area (Å²) in [4.78, 5) is 35.7. The largest absolute Gasteiger partial charge is 0.461 e. The van der Waals surface area contributed by atoms with Crippen LogP contribution in [0.1, 0.15) is 28.6 Å². The van der Waals surface area contributed by atoms with Crippen LogP contribution in [0.5, 0.6) is 0 Å². The molecule has 0 bridgehead atoms. The van der Waals surface area contributed by atoms with Gasteiger partial charge >= 0.3 is 0 Å². The van der Waals surface area contributed by atoms with E-state index in [0.29, 0.717) is 26.6 Å². The number of fused-ring (bicyclic) bond motifs is 1. The molecule has 188 valence electrons. The van der Waals surface area contributed by atoms with Crippen LogP contribution in [0.15, 0.2) is 82.1 Å². The maximum absolute atomic E-state index is 13.7. The van der Waals surface area contributed by atoms with Gasteiger partial charge in [0.15, 0.2) is 5.78 Å². The third kappa shape index (κ3) is 5.02. The molecule has 1 amide bonds. The van der Waals surface area contributed by atoms with E-state index in [1.807, 2.05) is 0 Å². The van der Waals surface area contributed by atoms with Crippen LogP contribution in [0.2, 0.25) is 5.02 Å². The number of amides is 1. The molecule has 0 aliphatic carbocycles. The number of carbonyl (C=O) groups is 2. The van der Waals surface area contributed by atoms with E-state index in [-0.39, 0.29) is 22.1 Å². The molecule has 0 spiro atoms. The number of rotatable bonds is 7. The number of sulfonamides is 1. The molecule has 0 aliphatic rings. The van der Waals surface area contributed by atoms with Crippen molar-refractivity contribution in [1.29, 1.82) is 0 Å². The van der Waals surface area contributed by atoms with Gasteiger partial charge in [0.05, 0.1) is 21.1 Å². The fourth-order valence-corrected chi connectivity index (χ4v) is 5.44. The van der Waals surface area contributed by atoms with Crippen LogP contribution in [0.25, 0.3) is 17.0 Å². The maximum atomic E-state index is 13.7. The Morgan fingerprint density at radius 3 is 2.41 bits per heavy atom. The molecule has 0 atom stereocenters. The summed E-state index contributed by atoms with van der Waals surface area (Å²) in [5.41, 5.74) is 0.516. The average molecular weight is 539 g/mol. The number of aryl methyl sites for hydroxylation is 1. The van der Waals surface area contributed by atoms with E-state index in [0.717, 1.165) is 24.3 Å². The van der Waals surface area contributed by atoms with Crippen molar-refractivity contribution >= 4 is 61.7 Å². The quantitative estimate of drug-likeness (QED) is 0.123. The number of nitro benzene ring substituents is 1. The maximum Gasteiger partial charge on any atom is 0.289 e. The van der Waals surface area contributed by atoms with Gasteiger partial charge in [0.2, 0.25) is 0 Å². The van der Waals surface area contributed by atoms with E-state index >= 15 is 0 Å². The summed E-state index contributed by atoms with van der Waals surface area (Å²) in [5, 5.41) is 11.4. The monoisotopic (exact) mass is 538 g/mol. The van der Waals surface area contributed by atoms with Gasteiger partial charge in [0.1, 0.15) is 16.4 Å². The number of benzene rings is 3. The molecule has 0 radical (unpaired) electrons. The third-order valence-corrected chi connectivity index (χ3v) is 7.55. The highest BCUT2D eigenvalue weighted by Crippen LogP contribution is 2.34. The van der Waals surface area contributed by atoms with E-state index < -0.39 is 31.4 Å². The van der Waals surface area contributed by atoms with Gasteiger partial charge in [-0.05, 0) is 55.8 Å². The van der Waals surface area contributed by atoms with Crippen LogP contribution < -0.4 is 4.31 Å². The highest BCUT2D eigenvalue weighted by atomic mass is 35.5. The summed E-state index contributed by atoms with van der Waals surface area (Å²) < 4.78 is 33.6. The molecule has 9 nitrogen and oxygen atoms in total. The van der Waals surface area contributed by atoms with Crippen LogP contribution in [-0.4, -0.2) is 25.0 Å². The third-order valence-electron chi connectivity index (χ3n) is 5.50. The van der Waals surface area contributed by atoms with Crippen LogP contribution in [0, 0.1) is 17.0 Å². The lowest BCUT2D eigenvalue weighted by Gasteiger charge is -2.21. The average Bonchev–Trinajstić information content (AvgIpc) is 3.18. The number of nitro groups is 1. The Labute approximate surface area is 216 Å².